The molecular formula is C11H19N5O. The van der Waals surface area contributed by atoms with E-state index in [-0.39, 0.29) is 5.91 Å². The number of carbonyl (C=O) groups is 1. The summed E-state index contributed by atoms with van der Waals surface area (Å²) in [4.78, 5) is 15.7. The summed E-state index contributed by atoms with van der Waals surface area (Å²) in [5.41, 5.74) is 0. The third-order valence-corrected chi connectivity index (χ3v) is 3.06. The number of aromatic nitrogens is 3. The molecule has 0 radical (unpaired) electrons. The number of aryl methyl sites for hydroxylation is 1. The van der Waals surface area contributed by atoms with Gasteiger partial charge in [-0.3, -0.25) is 10.1 Å². The minimum absolute atomic E-state index is 0.0302. The summed E-state index contributed by atoms with van der Waals surface area (Å²) in [6, 6.07) is 0. The summed E-state index contributed by atoms with van der Waals surface area (Å²) in [6.07, 6.45) is 2.58. The summed E-state index contributed by atoms with van der Waals surface area (Å²) in [5.74, 6) is 1.78. The molecular weight excluding hydrogens is 218 g/mol. The molecule has 0 saturated carbocycles. The van der Waals surface area contributed by atoms with Gasteiger partial charge in [-0.15, -0.1) is 0 Å². The predicted octanol–water partition coefficient (Wildman–Crippen LogP) is 0.631. The van der Waals surface area contributed by atoms with E-state index in [1.54, 1.807) is 4.68 Å². The van der Waals surface area contributed by atoms with Gasteiger partial charge in [0.25, 0.3) is 0 Å². The highest BCUT2D eigenvalue weighted by Gasteiger charge is 2.20. The molecule has 1 amide bonds. The van der Waals surface area contributed by atoms with Gasteiger partial charge in [-0.05, 0) is 25.9 Å². The lowest BCUT2D eigenvalue weighted by molar-refractivity contribution is -0.115. The number of rotatable bonds is 3. The fraction of sp³-hybridized carbons (Fsp3) is 0.727. The summed E-state index contributed by atoms with van der Waals surface area (Å²) in [7, 11) is 1.81. The number of hydrogen-bond donors (Lipinski definition) is 2. The highest BCUT2D eigenvalue weighted by atomic mass is 16.1. The van der Waals surface area contributed by atoms with E-state index in [4.69, 9.17) is 0 Å². The van der Waals surface area contributed by atoms with Crippen molar-refractivity contribution in [2.24, 2.45) is 7.05 Å². The van der Waals surface area contributed by atoms with E-state index in [1.165, 1.54) is 0 Å². The van der Waals surface area contributed by atoms with Crippen molar-refractivity contribution in [1.82, 2.24) is 20.1 Å². The van der Waals surface area contributed by atoms with Crippen LogP contribution in [0.3, 0.4) is 0 Å². The van der Waals surface area contributed by atoms with Gasteiger partial charge >= 0.3 is 0 Å². The smallest absolute Gasteiger partial charge is 0.227 e. The van der Waals surface area contributed by atoms with Crippen LogP contribution >= 0.6 is 0 Å². The molecule has 0 spiro atoms. The molecule has 2 heterocycles. The van der Waals surface area contributed by atoms with E-state index in [2.05, 4.69) is 20.7 Å². The number of nitrogens with one attached hydrogen (secondary N) is 2. The van der Waals surface area contributed by atoms with E-state index in [1.807, 2.05) is 14.0 Å². The van der Waals surface area contributed by atoms with Gasteiger partial charge in [0.2, 0.25) is 11.9 Å². The number of hydrogen-bond acceptors (Lipinski definition) is 4. The summed E-state index contributed by atoms with van der Waals surface area (Å²) in [6.45, 7) is 3.85. The van der Waals surface area contributed by atoms with E-state index < -0.39 is 0 Å². The largest absolute Gasteiger partial charge is 0.317 e. The Morgan fingerprint density at radius 3 is 2.88 bits per heavy atom. The van der Waals surface area contributed by atoms with Crippen LogP contribution in [0, 0.1) is 0 Å². The van der Waals surface area contributed by atoms with E-state index in [0.717, 1.165) is 31.8 Å². The first-order valence-electron chi connectivity index (χ1n) is 6.12. The molecule has 94 valence electrons. The molecule has 0 aromatic carbocycles. The zero-order valence-corrected chi connectivity index (χ0v) is 10.4. The Balaban J connectivity index is 2.09. The first-order chi connectivity index (χ1) is 8.20. The van der Waals surface area contributed by atoms with Gasteiger partial charge in [0.15, 0.2) is 5.82 Å². The Kier molecular flexibility index (Phi) is 3.73. The minimum atomic E-state index is -0.0302. The van der Waals surface area contributed by atoms with Crippen molar-refractivity contribution in [3.63, 3.8) is 0 Å². The quantitative estimate of drug-likeness (QED) is 0.809. The monoisotopic (exact) mass is 237 g/mol. The average molecular weight is 237 g/mol. The molecule has 1 aliphatic rings. The lowest BCUT2D eigenvalue weighted by Gasteiger charge is -2.19. The van der Waals surface area contributed by atoms with Crippen LogP contribution in [0.1, 0.15) is 37.9 Å². The van der Waals surface area contributed by atoms with Gasteiger partial charge in [0, 0.05) is 19.4 Å². The highest BCUT2D eigenvalue weighted by molar-refractivity contribution is 5.88. The van der Waals surface area contributed by atoms with Gasteiger partial charge in [-0.2, -0.15) is 10.1 Å². The van der Waals surface area contributed by atoms with Crippen molar-refractivity contribution in [2.45, 2.75) is 32.1 Å². The molecule has 1 aromatic rings. The standard InChI is InChI=1S/C11H19N5O/c1-3-9(17)13-11-14-10(15-16(11)2)8-4-6-12-7-5-8/h8,12H,3-7H2,1-2H3,(H,13,14,15,17). The number of nitrogens with zero attached hydrogens (tertiary/aromatic N) is 3. The molecule has 2 rings (SSSR count). The van der Waals surface area contributed by atoms with Crippen molar-refractivity contribution in [3.8, 4) is 0 Å². The number of piperidine rings is 1. The molecule has 2 N–H and O–H groups in total. The Bertz CT molecular complexity index is 395. The zero-order valence-electron chi connectivity index (χ0n) is 10.4. The molecule has 17 heavy (non-hydrogen) atoms. The van der Waals surface area contributed by atoms with Crippen LogP contribution in [-0.2, 0) is 11.8 Å². The molecule has 6 heteroatoms. The van der Waals surface area contributed by atoms with Crippen LogP contribution in [0.4, 0.5) is 5.95 Å². The predicted molar refractivity (Wildman–Crippen MR) is 64.8 cm³/mol. The summed E-state index contributed by atoms with van der Waals surface area (Å²) < 4.78 is 1.64. The highest BCUT2D eigenvalue weighted by Crippen LogP contribution is 2.23. The second-order valence-electron chi connectivity index (χ2n) is 4.34. The van der Waals surface area contributed by atoms with Gasteiger partial charge in [0.1, 0.15) is 0 Å². The zero-order chi connectivity index (χ0) is 12.3. The third kappa shape index (κ3) is 2.82. The normalized spacial score (nSPS) is 17.1. The Labute approximate surface area is 101 Å². The first-order valence-corrected chi connectivity index (χ1v) is 6.12. The van der Waals surface area contributed by atoms with Crippen LogP contribution in [0.25, 0.3) is 0 Å². The van der Waals surface area contributed by atoms with Gasteiger partial charge < -0.3 is 5.32 Å². The fourth-order valence-electron chi connectivity index (χ4n) is 1.98. The molecule has 1 aliphatic heterocycles. The minimum Gasteiger partial charge on any atom is -0.317 e. The topological polar surface area (TPSA) is 71.8 Å². The van der Waals surface area contributed by atoms with Crippen LogP contribution in [0.15, 0.2) is 0 Å². The van der Waals surface area contributed by atoms with Crippen molar-refractivity contribution in [3.05, 3.63) is 5.82 Å². The third-order valence-electron chi connectivity index (χ3n) is 3.06. The van der Waals surface area contributed by atoms with E-state index in [0.29, 0.717) is 18.3 Å². The molecule has 1 aromatic heterocycles. The summed E-state index contributed by atoms with van der Waals surface area (Å²) >= 11 is 0. The lowest BCUT2D eigenvalue weighted by Crippen LogP contribution is -2.27. The maximum Gasteiger partial charge on any atom is 0.227 e. The van der Waals surface area contributed by atoms with Crippen molar-refractivity contribution >= 4 is 11.9 Å². The molecule has 0 unspecified atom stereocenters. The van der Waals surface area contributed by atoms with E-state index in [9.17, 15) is 4.79 Å². The second-order valence-corrected chi connectivity index (χ2v) is 4.34. The second kappa shape index (κ2) is 5.27. The number of anilines is 1. The van der Waals surface area contributed by atoms with Gasteiger partial charge in [0.05, 0.1) is 0 Å². The van der Waals surface area contributed by atoms with Crippen LogP contribution in [-0.4, -0.2) is 33.8 Å². The Morgan fingerprint density at radius 2 is 2.24 bits per heavy atom. The number of amides is 1. The van der Waals surface area contributed by atoms with Crippen LogP contribution < -0.4 is 10.6 Å². The SMILES string of the molecule is CCC(=O)Nc1nc(C2CCNCC2)nn1C. The van der Waals surface area contributed by atoms with Crippen molar-refractivity contribution < 1.29 is 4.79 Å². The molecule has 1 fully saturated rings. The maximum absolute atomic E-state index is 11.3. The fourth-order valence-corrected chi connectivity index (χ4v) is 1.98. The summed E-state index contributed by atoms with van der Waals surface area (Å²) in [5, 5.41) is 10.5. The van der Waals surface area contributed by atoms with E-state index >= 15 is 0 Å². The van der Waals surface area contributed by atoms with Crippen LogP contribution in [0.5, 0.6) is 0 Å². The van der Waals surface area contributed by atoms with Gasteiger partial charge in [-0.25, -0.2) is 4.68 Å². The Hall–Kier alpha value is -1.43. The number of carbonyl (C=O) groups excluding carboxylic acids is 1. The Morgan fingerprint density at radius 1 is 1.53 bits per heavy atom. The first kappa shape index (κ1) is 12.0. The lowest BCUT2D eigenvalue weighted by atomic mass is 9.98. The molecule has 0 atom stereocenters. The molecule has 6 nitrogen and oxygen atoms in total. The average Bonchev–Trinajstić information content (AvgIpc) is 2.72. The van der Waals surface area contributed by atoms with Crippen LogP contribution in [0.2, 0.25) is 0 Å². The van der Waals surface area contributed by atoms with Crippen molar-refractivity contribution in [2.75, 3.05) is 18.4 Å². The maximum atomic E-state index is 11.3. The molecule has 0 aliphatic carbocycles. The van der Waals surface area contributed by atoms with Gasteiger partial charge in [-0.1, -0.05) is 6.92 Å². The molecule has 1 saturated heterocycles. The van der Waals surface area contributed by atoms with Crippen molar-refractivity contribution in [1.29, 1.82) is 0 Å². The molecule has 0 bridgehead atoms.